The molecule has 166 valence electrons. The molecule has 0 unspecified atom stereocenters. The lowest BCUT2D eigenvalue weighted by Gasteiger charge is -2.45. The average Bonchev–Trinajstić information content (AvgIpc) is 2.78. The van der Waals surface area contributed by atoms with E-state index in [-0.39, 0.29) is 36.1 Å². The SMILES string of the molecule is COc1ccc(S(=O)(=O)N2C[C@H]3CN(C(=O)[C@@H](C)Oc4ccccc4)C[C@@H](C2)O3)cc1. The molecular formula is C22H26N2O6S. The highest BCUT2D eigenvalue weighted by Gasteiger charge is 2.42. The lowest BCUT2D eigenvalue weighted by molar-refractivity contribution is -0.159. The Kier molecular flexibility index (Phi) is 6.17. The van der Waals surface area contributed by atoms with Gasteiger partial charge in [0.2, 0.25) is 10.0 Å². The number of methoxy groups -OCH3 is 1. The monoisotopic (exact) mass is 446 g/mol. The van der Waals surface area contributed by atoms with Crippen LogP contribution in [0.25, 0.3) is 0 Å². The largest absolute Gasteiger partial charge is 0.497 e. The normalized spacial score (nSPS) is 22.6. The van der Waals surface area contributed by atoms with Crippen LogP contribution in [0.4, 0.5) is 0 Å². The number of rotatable bonds is 6. The number of benzene rings is 2. The van der Waals surface area contributed by atoms with E-state index >= 15 is 0 Å². The lowest BCUT2D eigenvalue weighted by Crippen LogP contribution is -2.62. The van der Waals surface area contributed by atoms with Crippen LogP contribution in [-0.4, -0.2) is 75.1 Å². The van der Waals surface area contributed by atoms with E-state index in [9.17, 15) is 13.2 Å². The number of fused-ring (bicyclic) bond motifs is 2. The van der Waals surface area contributed by atoms with Crippen molar-refractivity contribution in [2.75, 3.05) is 33.3 Å². The van der Waals surface area contributed by atoms with Gasteiger partial charge in [-0.2, -0.15) is 4.31 Å². The van der Waals surface area contributed by atoms with Crippen LogP contribution in [0.5, 0.6) is 11.5 Å². The van der Waals surface area contributed by atoms with E-state index in [0.717, 1.165) is 0 Å². The minimum Gasteiger partial charge on any atom is -0.497 e. The molecule has 2 aromatic carbocycles. The third-order valence-electron chi connectivity index (χ3n) is 5.46. The van der Waals surface area contributed by atoms with Crippen molar-refractivity contribution in [2.24, 2.45) is 0 Å². The van der Waals surface area contributed by atoms with E-state index in [1.54, 1.807) is 36.1 Å². The van der Waals surface area contributed by atoms with Crippen LogP contribution in [0.3, 0.4) is 0 Å². The average molecular weight is 447 g/mol. The summed E-state index contributed by atoms with van der Waals surface area (Å²) >= 11 is 0. The molecule has 9 heteroatoms. The van der Waals surface area contributed by atoms with E-state index in [1.165, 1.54) is 23.5 Å². The van der Waals surface area contributed by atoms with Crippen LogP contribution in [0.15, 0.2) is 59.5 Å². The molecule has 31 heavy (non-hydrogen) atoms. The molecule has 2 saturated heterocycles. The van der Waals surface area contributed by atoms with Crippen molar-refractivity contribution < 1.29 is 27.4 Å². The summed E-state index contributed by atoms with van der Waals surface area (Å²) in [6.07, 6.45) is -1.40. The number of ether oxygens (including phenoxy) is 3. The molecule has 0 spiro atoms. The molecule has 3 atom stereocenters. The Hall–Kier alpha value is -2.62. The van der Waals surface area contributed by atoms with Crippen molar-refractivity contribution in [3.63, 3.8) is 0 Å². The molecule has 0 saturated carbocycles. The number of sulfonamides is 1. The molecule has 1 amide bonds. The summed E-state index contributed by atoms with van der Waals surface area (Å²) in [7, 11) is -2.12. The smallest absolute Gasteiger partial charge is 0.263 e. The first kappa shape index (κ1) is 21.6. The standard InChI is InChI=1S/C22H26N2O6S/c1-16(29-18-6-4-3-5-7-18)22(25)23-12-19-14-24(15-20(13-23)30-19)31(26,27)21-10-8-17(28-2)9-11-21/h3-11,16,19-20H,12-15H2,1-2H3/t16-,19-,20+/m1/s1. The zero-order valence-corrected chi connectivity index (χ0v) is 18.3. The topological polar surface area (TPSA) is 85.4 Å². The van der Waals surface area contributed by atoms with E-state index < -0.39 is 16.1 Å². The fraction of sp³-hybridized carbons (Fsp3) is 0.409. The molecule has 0 aromatic heterocycles. The predicted molar refractivity (Wildman–Crippen MR) is 114 cm³/mol. The number of hydrogen-bond donors (Lipinski definition) is 0. The van der Waals surface area contributed by atoms with Gasteiger partial charge < -0.3 is 19.1 Å². The van der Waals surface area contributed by atoms with Gasteiger partial charge in [0.05, 0.1) is 24.2 Å². The Morgan fingerprint density at radius 1 is 0.968 bits per heavy atom. The zero-order valence-electron chi connectivity index (χ0n) is 17.5. The summed E-state index contributed by atoms with van der Waals surface area (Å²) in [6.45, 7) is 2.77. The summed E-state index contributed by atoms with van der Waals surface area (Å²) in [5.74, 6) is 1.10. The molecule has 0 N–H and O–H groups in total. The number of para-hydroxylation sites is 1. The maximum Gasteiger partial charge on any atom is 0.263 e. The Morgan fingerprint density at radius 2 is 1.58 bits per heavy atom. The zero-order chi connectivity index (χ0) is 22.0. The van der Waals surface area contributed by atoms with Gasteiger partial charge in [-0.25, -0.2) is 8.42 Å². The summed E-state index contributed by atoms with van der Waals surface area (Å²) < 4.78 is 44.4. The lowest BCUT2D eigenvalue weighted by atomic mass is 10.1. The van der Waals surface area contributed by atoms with Crippen molar-refractivity contribution in [3.05, 3.63) is 54.6 Å². The van der Waals surface area contributed by atoms with Crippen LogP contribution < -0.4 is 9.47 Å². The maximum atomic E-state index is 13.1. The van der Waals surface area contributed by atoms with Crippen LogP contribution in [0, 0.1) is 0 Å². The second-order valence-electron chi connectivity index (χ2n) is 7.69. The molecule has 0 aliphatic carbocycles. The van der Waals surface area contributed by atoms with Crippen LogP contribution in [0.1, 0.15) is 6.92 Å². The van der Waals surface area contributed by atoms with E-state index in [2.05, 4.69) is 0 Å². The van der Waals surface area contributed by atoms with E-state index in [4.69, 9.17) is 14.2 Å². The maximum absolute atomic E-state index is 13.1. The first-order valence-corrected chi connectivity index (χ1v) is 11.6. The molecule has 2 aromatic rings. The van der Waals surface area contributed by atoms with Gasteiger partial charge >= 0.3 is 0 Å². The minimum atomic E-state index is -3.65. The fourth-order valence-electron chi connectivity index (χ4n) is 3.94. The fourth-order valence-corrected chi connectivity index (χ4v) is 5.44. The van der Waals surface area contributed by atoms with E-state index in [1.807, 2.05) is 18.2 Å². The Morgan fingerprint density at radius 3 is 2.16 bits per heavy atom. The molecule has 8 nitrogen and oxygen atoms in total. The first-order valence-electron chi connectivity index (χ1n) is 10.2. The van der Waals surface area contributed by atoms with Crippen molar-refractivity contribution in [1.82, 2.24) is 9.21 Å². The Balaban J connectivity index is 1.41. The first-order chi connectivity index (χ1) is 14.9. The number of morpholine rings is 2. The minimum absolute atomic E-state index is 0.131. The quantitative estimate of drug-likeness (QED) is 0.672. The summed E-state index contributed by atoms with van der Waals surface area (Å²) in [6, 6.07) is 15.5. The molecule has 2 aliphatic rings. The molecular weight excluding hydrogens is 420 g/mol. The van der Waals surface area contributed by atoms with Gasteiger partial charge in [0, 0.05) is 26.2 Å². The molecule has 2 heterocycles. The van der Waals surface area contributed by atoms with Gasteiger partial charge in [-0.3, -0.25) is 4.79 Å². The highest BCUT2D eigenvalue weighted by atomic mass is 32.2. The molecule has 4 rings (SSSR count). The van der Waals surface area contributed by atoms with Gasteiger partial charge in [-0.1, -0.05) is 18.2 Å². The van der Waals surface area contributed by atoms with Crippen LogP contribution in [-0.2, 0) is 19.6 Å². The second kappa shape index (κ2) is 8.86. The van der Waals surface area contributed by atoms with Gasteiger partial charge in [0.1, 0.15) is 11.5 Å². The predicted octanol–water partition coefficient (Wildman–Crippen LogP) is 1.76. The molecule has 2 bridgehead atoms. The Bertz CT molecular complexity index is 998. The summed E-state index contributed by atoms with van der Waals surface area (Å²) in [4.78, 5) is 14.8. The highest BCUT2D eigenvalue weighted by Crippen LogP contribution is 2.26. The Labute approximate surface area is 182 Å². The van der Waals surface area contributed by atoms with Crippen molar-refractivity contribution >= 4 is 15.9 Å². The van der Waals surface area contributed by atoms with Gasteiger partial charge in [0.25, 0.3) is 5.91 Å². The highest BCUT2D eigenvalue weighted by molar-refractivity contribution is 7.89. The van der Waals surface area contributed by atoms with Crippen LogP contribution >= 0.6 is 0 Å². The second-order valence-corrected chi connectivity index (χ2v) is 9.63. The number of amides is 1. The van der Waals surface area contributed by atoms with Gasteiger partial charge in [-0.05, 0) is 43.3 Å². The third-order valence-corrected chi connectivity index (χ3v) is 7.31. The number of carbonyl (C=O) groups is 1. The van der Waals surface area contributed by atoms with Crippen molar-refractivity contribution in [2.45, 2.75) is 30.1 Å². The van der Waals surface area contributed by atoms with E-state index in [0.29, 0.717) is 24.6 Å². The summed E-state index contributed by atoms with van der Waals surface area (Å²) in [5, 5.41) is 0. The number of hydrogen-bond acceptors (Lipinski definition) is 6. The van der Waals surface area contributed by atoms with Crippen molar-refractivity contribution in [3.8, 4) is 11.5 Å². The van der Waals surface area contributed by atoms with Crippen molar-refractivity contribution in [1.29, 1.82) is 0 Å². The number of nitrogens with zero attached hydrogens (tertiary/aromatic N) is 2. The molecule has 2 fully saturated rings. The number of carbonyl (C=O) groups excluding carboxylic acids is 1. The van der Waals surface area contributed by atoms with Crippen LogP contribution in [0.2, 0.25) is 0 Å². The van der Waals surface area contributed by atoms with Gasteiger partial charge in [0.15, 0.2) is 6.10 Å². The summed E-state index contributed by atoms with van der Waals surface area (Å²) in [5.41, 5.74) is 0. The third kappa shape index (κ3) is 4.68. The van der Waals surface area contributed by atoms with Gasteiger partial charge in [-0.15, -0.1) is 0 Å². The molecule has 0 radical (unpaired) electrons. The molecule has 2 aliphatic heterocycles.